The van der Waals surface area contributed by atoms with Crippen LogP contribution in [0.2, 0.25) is 0 Å². The van der Waals surface area contributed by atoms with Crippen molar-refractivity contribution in [3.8, 4) is 0 Å². The molecular formula is C50H84O9. The maximum Gasteiger partial charge on any atom is 0.306 e. The highest BCUT2D eigenvalue weighted by Gasteiger charge is 2.44. The quantitative estimate of drug-likeness (QED) is 0.0272. The summed E-state index contributed by atoms with van der Waals surface area (Å²) in [4.78, 5) is 12.7. The monoisotopic (exact) mass is 829 g/mol. The number of allylic oxidation sites excluding steroid dienone is 14. The molecule has 338 valence electrons. The fourth-order valence-electron chi connectivity index (χ4n) is 6.47. The highest BCUT2D eigenvalue weighted by atomic mass is 16.7. The summed E-state index contributed by atoms with van der Waals surface area (Å²) >= 11 is 0. The molecular weight excluding hydrogens is 745 g/mol. The molecule has 9 heteroatoms. The highest BCUT2D eigenvalue weighted by Crippen LogP contribution is 2.22. The van der Waals surface area contributed by atoms with Crippen LogP contribution >= 0.6 is 0 Å². The normalized spacial score (nSPS) is 20.9. The second kappa shape index (κ2) is 40.8. The summed E-state index contributed by atoms with van der Waals surface area (Å²) in [5.74, 6) is -0.329. The Balaban J connectivity index is 2.23. The van der Waals surface area contributed by atoms with Crippen molar-refractivity contribution in [3.63, 3.8) is 0 Å². The SMILES string of the molecule is CC/C=C\C/C=C\C/C=C\C/C=C\C/C=C\C/C=C\C/C=C\CCCCCCOCC(COC1OC(CO)C(O)C(O)C1O)OC(=O)CCCCCCCCCCCC. The van der Waals surface area contributed by atoms with Gasteiger partial charge in [0.15, 0.2) is 6.29 Å². The molecule has 6 unspecified atom stereocenters. The highest BCUT2D eigenvalue weighted by molar-refractivity contribution is 5.69. The number of unbranched alkanes of at least 4 members (excludes halogenated alkanes) is 13. The van der Waals surface area contributed by atoms with E-state index in [1.165, 1.54) is 44.9 Å². The van der Waals surface area contributed by atoms with E-state index in [-0.39, 0.29) is 19.2 Å². The molecule has 1 rings (SSSR count). The molecule has 0 amide bonds. The summed E-state index contributed by atoms with van der Waals surface area (Å²) in [5.41, 5.74) is 0. The number of carbonyl (C=O) groups is 1. The molecule has 1 heterocycles. The second-order valence-electron chi connectivity index (χ2n) is 15.5. The average molecular weight is 829 g/mol. The van der Waals surface area contributed by atoms with E-state index in [0.29, 0.717) is 13.0 Å². The van der Waals surface area contributed by atoms with Crippen molar-refractivity contribution in [1.82, 2.24) is 0 Å². The van der Waals surface area contributed by atoms with Gasteiger partial charge in [-0.25, -0.2) is 0 Å². The fourth-order valence-corrected chi connectivity index (χ4v) is 6.47. The molecule has 0 bridgehead atoms. The van der Waals surface area contributed by atoms with E-state index < -0.39 is 43.4 Å². The Kier molecular flexibility index (Phi) is 37.6. The van der Waals surface area contributed by atoms with E-state index in [0.717, 1.165) is 96.3 Å². The third kappa shape index (κ3) is 31.8. The van der Waals surface area contributed by atoms with Crippen LogP contribution in [0.15, 0.2) is 85.1 Å². The van der Waals surface area contributed by atoms with Crippen molar-refractivity contribution in [2.75, 3.05) is 26.4 Å². The lowest BCUT2D eigenvalue weighted by Gasteiger charge is -2.39. The van der Waals surface area contributed by atoms with Crippen LogP contribution in [0, 0.1) is 0 Å². The van der Waals surface area contributed by atoms with Crippen LogP contribution in [0.4, 0.5) is 0 Å². The maximum atomic E-state index is 12.7. The van der Waals surface area contributed by atoms with Gasteiger partial charge in [0.1, 0.15) is 30.5 Å². The van der Waals surface area contributed by atoms with Gasteiger partial charge in [-0.2, -0.15) is 0 Å². The number of aliphatic hydroxyl groups is 4. The molecule has 0 saturated carbocycles. The zero-order valence-corrected chi connectivity index (χ0v) is 37.0. The molecule has 6 atom stereocenters. The molecule has 0 radical (unpaired) electrons. The van der Waals surface area contributed by atoms with Gasteiger partial charge in [-0.3, -0.25) is 4.79 Å². The first-order valence-corrected chi connectivity index (χ1v) is 23.2. The van der Waals surface area contributed by atoms with Gasteiger partial charge < -0.3 is 39.4 Å². The molecule has 1 saturated heterocycles. The zero-order valence-electron chi connectivity index (χ0n) is 37.0. The predicted octanol–water partition coefficient (Wildman–Crippen LogP) is 10.6. The number of rotatable bonds is 38. The van der Waals surface area contributed by atoms with E-state index in [2.05, 4.69) is 98.9 Å². The first kappa shape index (κ1) is 54.4. The number of carbonyl (C=O) groups excluding carboxylic acids is 1. The second-order valence-corrected chi connectivity index (χ2v) is 15.5. The average Bonchev–Trinajstić information content (AvgIpc) is 3.24. The summed E-state index contributed by atoms with van der Waals surface area (Å²) in [7, 11) is 0. The molecule has 0 aliphatic carbocycles. The van der Waals surface area contributed by atoms with Gasteiger partial charge in [-0.1, -0.05) is 170 Å². The van der Waals surface area contributed by atoms with Crippen molar-refractivity contribution in [2.24, 2.45) is 0 Å². The molecule has 0 aromatic rings. The van der Waals surface area contributed by atoms with Crippen LogP contribution in [0.5, 0.6) is 0 Å². The first-order valence-electron chi connectivity index (χ1n) is 23.2. The lowest BCUT2D eigenvalue weighted by molar-refractivity contribution is -0.305. The van der Waals surface area contributed by atoms with Crippen LogP contribution in [-0.2, 0) is 23.7 Å². The Hall–Kier alpha value is -2.63. The van der Waals surface area contributed by atoms with Crippen molar-refractivity contribution in [3.05, 3.63) is 85.1 Å². The Morgan fingerprint density at radius 3 is 1.56 bits per heavy atom. The van der Waals surface area contributed by atoms with Crippen molar-refractivity contribution in [2.45, 2.75) is 198 Å². The Morgan fingerprint density at radius 1 is 0.559 bits per heavy atom. The summed E-state index contributed by atoms with van der Waals surface area (Å²) in [5, 5.41) is 40.1. The molecule has 4 N–H and O–H groups in total. The minimum absolute atomic E-state index is 0.124. The Morgan fingerprint density at radius 2 is 1.03 bits per heavy atom. The molecule has 1 fully saturated rings. The number of aliphatic hydroxyl groups excluding tert-OH is 4. The van der Waals surface area contributed by atoms with Gasteiger partial charge >= 0.3 is 5.97 Å². The van der Waals surface area contributed by atoms with E-state index in [1.807, 2.05) is 0 Å². The van der Waals surface area contributed by atoms with Crippen molar-refractivity contribution < 1.29 is 44.2 Å². The van der Waals surface area contributed by atoms with E-state index in [9.17, 15) is 25.2 Å². The lowest BCUT2D eigenvalue weighted by atomic mass is 9.99. The van der Waals surface area contributed by atoms with Crippen LogP contribution < -0.4 is 0 Å². The Labute approximate surface area is 359 Å². The summed E-state index contributed by atoms with van der Waals surface area (Å²) in [6.45, 7) is 4.35. The number of ether oxygens (including phenoxy) is 4. The number of esters is 1. The van der Waals surface area contributed by atoms with Gasteiger partial charge in [0.25, 0.3) is 0 Å². The standard InChI is InChI=1S/C50H84O9/c1-3-5-7-9-11-13-15-16-17-18-19-20-21-22-23-24-25-26-27-28-29-30-32-34-36-38-40-56-42-44(43-57-50-49(55)48(54)47(53)45(41-51)59-50)58-46(52)39-37-35-33-31-14-12-10-8-6-4-2/h5,7,11,13,16-17,19-20,22-23,25-26,28-29,44-45,47-51,53-55H,3-4,6,8-10,12,14-15,18,21,24,27,30-43H2,1-2H3/b7-5-,13-11-,17-16-,20-19-,23-22-,26-25-,29-28-. The smallest absolute Gasteiger partial charge is 0.306 e. The van der Waals surface area contributed by atoms with Crippen molar-refractivity contribution in [1.29, 1.82) is 0 Å². The minimum atomic E-state index is -1.54. The third-order valence-corrected chi connectivity index (χ3v) is 10.1. The van der Waals surface area contributed by atoms with Crippen LogP contribution in [0.1, 0.15) is 162 Å². The predicted molar refractivity (Wildman–Crippen MR) is 242 cm³/mol. The number of hydrogen-bond acceptors (Lipinski definition) is 9. The summed E-state index contributed by atoms with van der Waals surface area (Å²) in [6.07, 6.45) is 47.6. The number of hydrogen-bond donors (Lipinski definition) is 4. The van der Waals surface area contributed by atoms with E-state index >= 15 is 0 Å². The molecule has 1 aliphatic rings. The van der Waals surface area contributed by atoms with E-state index in [1.54, 1.807) is 0 Å². The van der Waals surface area contributed by atoms with Crippen LogP contribution in [0.3, 0.4) is 0 Å². The maximum absolute atomic E-state index is 12.7. The van der Waals surface area contributed by atoms with Gasteiger partial charge in [0.05, 0.1) is 19.8 Å². The Bertz CT molecular complexity index is 1170. The molecule has 9 nitrogen and oxygen atoms in total. The lowest BCUT2D eigenvalue weighted by Crippen LogP contribution is -2.59. The topological polar surface area (TPSA) is 135 Å². The van der Waals surface area contributed by atoms with E-state index in [4.69, 9.17) is 18.9 Å². The first-order chi connectivity index (χ1) is 28.9. The van der Waals surface area contributed by atoms with Crippen LogP contribution in [0.25, 0.3) is 0 Å². The third-order valence-electron chi connectivity index (χ3n) is 10.1. The van der Waals surface area contributed by atoms with Gasteiger partial charge in [-0.15, -0.1) is 0 Å². The van der Waals surface area contributed by atoms with Gasteiger partial charge in [0.2, 0.25) is 0 Å². The molecule has 0 aromatic heterocycles. The summed E-state index contributed by atoms with van der Waals surface area (Å²) in [6, 6.07) is 0. The largest absolute Gasteiger partial charge is 0.457 e. The molecule has 0 aromatic carbocycles. The molecule has 59 heavy (non-hydrogen) atoms. The fraction of sp³-hybridized carbons (Fsp3) is 0.700. The zero-order chi connectivity index (χ0) is 42.9. The van der Waals surface area contributed by atoms with Crippen molar-refractivity contribution >= 4 is 5.97 Å². The van der Waals surface area contributed by atoms with Gasteiger partial charge in [-0.05, 0) is 70.6 Å². The minimum Gasteiger partial charge on any atom is -0.457 e. The van der Waals surface area contributed by atoms with Gasteiger partial charge in [0, 0.05) is 13.0 Å². The molecule has 0 spiro atoms. The van der Waals surface area contributed by atoms with Crippen LogP contribution in [-0.4, -0.2) is 89.6 Å². The summed E-state index contributed by atoms with van der Waals surface area (Å²) < 4.78 is 22.7. The molecule has 1 aliphatic heterocycles.